The summed E-state index contributed by atoms with van der Waals surface area (Å²) in [5, 5.41) is 12.9. The van der Waals surface area contributed by atoms with E-state index in [1.165, 1.54) is 0 Å². The van der Waals surface area contributed by atoms with Crippen molar-refractivity contribution in [1.82, 2.24) is 4.90 Å². The van der Waals surface area contributed by atoms with E-state index < -0.39 is 0 Å². The van der Waals surface area contributed by atoms with Gasteiger partial charge in [-0.15, -0.1) is 0 Å². The van der Waals surface area contributed by atoms with Crippen molar-refractivity contribution in [3.05, 3.63) is 60.2 Å². The van der Waals surface area contributed by atoms with E-state index in [9.17, 15) is 14.7 Å². The zero-order chi connectivity index (χ0) is 19.0. The topological polar surface area (TPSA) is 72.9 Å². The predicted molar refractivity (Wildman–Crippen MR) is 104 cm³/mol. The molecule has 2 aromatic rings. The zero-order valence-corrected chi connectivity index (χ0v) is 15.2. The summed E-state index contributed by atoms with van der Waals surface area (Å²) in [6, 6.07) is 16.4. The SMILES string of the molecule is CCC(=O)N1C[C@H]2[C@@H](c3ccccc31)[C@H](CO)N2C(=O)Nc1ccccc1. The van der Waals surface area contributed by atoms with E-state index >= 15 is 0 Å². The fraction of sp³-hybridized carbons (Fsp3) is 0.333. The summed E-state index contributed by atoms with van der Waals surface area (Å²) < 4.78 is 0. The zero-order valence-electron chi connectivity index (χ0n) is 15.2. The van der Waals surface area contributed by atoms with Gasteiger partial charge in [0.15, 0.2) is 0 Å². The standard InChI is InChI=1S/C21H23N3O3/c1-2-19(26)23-12-17-20(15-10-6-7-11-16(15)23)18(13-25)24(17)21(27)22-14-8-4-3-5-9-14/h3-11,17-18,20,25H,2,12-13H2,1H3,(H,22,27)/t17-,18-,20+/m0/s1. The highest BCUT2D eigenvalue weighted by atomic mass is 16.3. The molecule has 2 aromatic carbocycles. The van der Waals surface area contributed by atoms with Crippen molar-refractivity contribution in [2.45, 2.75) is 31.3 Å². The molecule has 3 atom stereocenters. The van der Waals surface area contributed by atoms with Gasteiger partial charge in [-0.1, -0.05) is 43.3 Å². The molecule has 27 heavy (non-hydrogen) atoms. The van der Waals surface area contributed by atoms with E-state index in [-0.39, 0.29) is 36.5 Å². The van der Waals surface area contributed by atoms with Crippen LogP contribution in [-0.2, 0) is 4.79 Å². The second kappa shape index (κ2) is 7.04. The van der Waals surface area contributed by atoms with Crippen molar-refractivity contribution in [3.63, 3.8) is 0 Å². The minimum atomic E-state index is -0.293. The molecule has 0 aliphatic carbocycles. The first kappa shape index (κ1) is 17.5. The average Bonchev–Trinajstić information content (AvgIpc) is 2.68. The normalized spacial score (nSPS) is 23.1. The van der Waals surface area contributed by atoms with Gasteiger partial charge >= 0.3 is 6.03 Å². The Hall–Kier alpha value is -2.86. The first-order valence-corrected chi connectivity index (χ1v) is 9.30. The van der Waals surface area contributed by atoms with Crippen molar-refractivity contribution in [2.75, 3.05) is 23.4 Å². The number of carbonyl (C=O) groups is 2. The maximum absolute atomic E-state index is 12.9. The van der Waals surface area contributed by atoms with Gasteiger partial charge in [0.2, 0.25) is 5.91 Å². The van der Waals surface area contributed by atoms with Gasteiger partial charge in [0.1, 0.15) is 0 Å². The number of aliphatic hydroxyl groups is 1. The van der Waals surface area contributed by atoms with Crippen LogP contribution in [0.15, 0.2) is 54.6 Å². The smallest absolute Gasteiger partial charge is 0.322 e. The molecule has 2 N–H and O–H groups in total. The van der Waals surface area contributed by atoms with Crippen LogP contribution in [-0.4, -0.2) is 47.2 Å². The number of aliphatic hydroxyl groups excluding tert-OH is 1. The quantitative estimate of drug-likeness (QED) is 0.878. The summed E-state index contributed by atoms with van der Waals surface area (Å²) in [5.74, 6) is 0.0744. The number of amides is 3. The number of urea groups is 1. The minimum Gasteiger partial charge on any atom is -0.394 e. The lowest BCUT2D eigenvalue weighted by Gasteiger charge is -2.58. The highest BCUT2D eigenvalue weighted by molar-refractivity contribution is 5.96. The summed E-state index contributed by atoms with van der Waals surface area (Å²) in [5.41, 5.74) is 2.63. The Bertz CT molecular complexity index is 855. The lowest BCUT2D eigenvalue weighted by Crippen LogP contribution is -2.71. The lowest BCUT2D eigenvalue weighted by molar-refractivity contribution is -0.119. The molecular weight excluding hydrogens is 342 g/mol. The van der Waals surface area contributed by atoms with Crippen LogP contribution in [0.4, 0.5) is 16.2 Å². The number of nitrogens with one attached hydrogen (secondary N) is 1. The molecule has 1 saturated heterocycles. The van der Waals surface area contributed by atoms with E-state index in [1.807, 2.05) is 61.5 Å². The van der Waals surface area contributed by atoms with Crippen LogP contribution in [0, 0.1) is 0 Å². The van der Waals surface area contributed by atoms with Gasteiger partial charge in [-0.05, 0) is 23.8 Å². The molecule has 0 spiro atoms. The summed E-state index contributed by atoms with van der Waals surface area (Å²) in [6.45, 7) is 2.18. The summed E-state index contributed by atoms with van der Waals surface area (Å²) >= 11 is 0. The summed E-state index contributed by atoms with van der Waals surface area (Å²) in [6.07, 6.45) is 0.408. The number of hydrogen-bond acceptors (Lipinski definition) is 3. The maximum Gasteiger partial charge on any atom is 0.322 e. The second-order valence-electron chi connectivity index (χ2n) is 6.96. The van der Waals surface area contributed by atoms with E-state index in [4.69, 9.17) is 0 Å². The van der Waals surface area contributed by atoms with E-state index in [2.05, 4.69) is 5.32 Å². The molecule has 0 radical (unpaired) electrons. The Balaban J connectivity index is 1.64. The Kier molecular flexibility index (Phi) is 4.58. The van der Waals surface area contributed by atoms with Crippen molar-refractivity contribution in [2.24, 2.45) is 0 Å². The van der Waals surface area contributed by atoms with Gasteiger partial charge in [0.25, 0.3) is 0 Å². The van der Waals surface area contributed by atoms with Gasteiger partial charge < -0.3 is 20.2 Å². The number of anilines is 2. The molecule has 1 fully saturated rings. The molecular formula is C21H23N3O3. The third kappa shape index (κ3) is 2.86. The van der Waals surface area contributed by atoms with Crippen LogP contribution in [0.2, 0.25) is 0 Å². The van der Waals surface area contributed by atoms with Gasteiger partial charge in [-0.3, -0.25) is 4.79 Å². The number of likely N-dealkylation sites (tertiary alicyclic amines) is 1. The molecule has 0 saturated carbocycles. The predicted octanol–water partition coefficient (Wildman–Crippen LogP) is 2.80. The highest BCUT2D eigenvalue weighted by Crippen LogP contribution is 2.48. The van der Waals surface area contributed by atoms with E-state index in [0.29, 0.717) is 18.7 Å². The Morgan fingerprint density at radius 1 is 1.11 bits per heavy atom. The number of para-hydroxylation sites is 2. The third-order valence-corrected chi connectivity index (χ3v) is 5.55. The molecule has 2 aliphatic heterocycles. The van der Waals surface area contributed by atoms with Crippen LogP contribution in [0.1, 0.15) is 24.8 Å². The fourth-order valence-corrected chi connectivity index (χ4v) is 4.30. The van der Waals surface area contributed by atoms with E-state index in [0.717, 1.165) is 11.3 Å². The molecule has 3 amide bonds. The maximum atomic E-state index is 12.9. The minimum absolute atomic E-state index is 0.0358. The average molecular weight is 365 g/mol. The Morgan fingerprint density at radius 3 is 2.52 bits per heavy atom. The molecule has 2 heterocycles. The Morgan fingerprint density at radius 2 is 1.81 bits per heavy atom. The molecule has 0 aromatic heterocycles. The van der Waals surface area contributed by atoms with Gasteiger partial charge in [0, 0.05) is 30.3 Å². The van der Waals surface area contributed by atoms with Crippen LogP contribution in [0.3, 0.4) is 0 Å². The van der Waals surface area contributed by atoms with Crippen molar-refractivity contribution in [3.8, 4) is 0 Å². The van der Waals surface area contributed by atoms with Gasteiger partial charge in [-0.2, -0.15) is 0 Å². The van der Waals surface area contributed by atoms with Crippen LogP contribution in [0.5, 0.6) is 0 Å². The lowest BCUT2D eigenvalue weighted by atomic mass is 9.72. The molecule has 4 rings (SSSR count). The molecule has 0 unspecified atom stereocenters. The van der Waals surface area contributed by atoms with Crippen molar-refractivity contribution < 1.29 is 14.7 Å². The van der Waals surface area contributed by atoms with Crippen LogP contribution < -0.4 is 10.2 Å². The number of hydrogen-bond donors (Lipinski definition) is 2. The number of benzene rings is 2. The first-order chi connectivity index (χ1) is 13.2. The largest absolute Gasteiger partial charge is 0.394 e. The molecule has 0 bridgehead atoms. The fourth-order valence-electron chi connectivity index (χ4n) is 4.30. The molecule has 140 valence electrons. The monoisotopic (exact) mass is 365 g/mol. The molecule has 2 aliphatic rings. The highest BCUT2D eigenvalue weighted by Gasteiger charge is 2.55. The second-order valence-corrected chi connectivity index (χ2v) is 6.96. The summed E-state index contributed by atoms with van der Waals surface area (Å²) in [4.78, 5) is 28.8. The van der Waals surface area contributed by atoms with Crippen molar-refractivity contribution in [1.29, 1.82) is 0 Å². The summed E-state index contributed by atoms with van der Waals surface area (Å²) in [7, 11) is 0. The number of rotatable bonds is 3. The first-order valence-electron chi connectivity index (χ1n) is 9.30. The van der Waals surface area contributed by atoms with Gasteiger partial charge in [-0.25, -0.2) is 4.79 Å². The van der Waals surface area contributed by atoms with Gasteiger partial charge in [0.05, 0.1) is 18.7 Å². The Labute approximate surface area is 158 Å². The van der Waals surface area contributed by atoms with Crippen LogP contribution >= 0.6 is 0 Å². The van der Waals surface area contributed by atoms with E-state index in [1.54, 1.807) is 9.80 Å². The molecule has 6 heteroatoms. The van der Waals surface area contributed by atoms with Crippen LogP contribution in [0.25, 0.3) is 0 Å². The number of nitrogens with zero attached hydrogens (tertiary/aromatic N) is 2. The number of carbonyl (C=O) groups excluding carboxylic acids is 2. The molecule has 6 nitrogen and oxygen atoms in total. The number of fused-ring (bicyclic) bond motifs is 3. The van der Waals surface area contributed by atoms with Crippen molar-refractivity contribution >= 4 is 23.3 Å². The third-order valence-electron chi connectivity index (χ3n) is 5.55.